The normalized spacial score (nSPS) is 13.7. The molecule has 0 saturated heterocycles. The molecule has 118 valence electrons. The second-order valence-corrected chi connectivity index (χ2v) is 5.49. The van der Waals surface area contributed by atoms with Crippen molar-refractivity contribution in [2.75, 3.05) is 0 Å². The maximum atomic E-state index is 12.6. The highest BCUT2D eigenvalue weighted by molar-refractivity contribution is 5.66. The second kappa shape index (κ2) is 6.34. The van der Waals surface area contributed by atoms with Crippen LogP contribution in [0.1, 0.15) is 44.9 Å². The molecule has 0 aromatic heterocycles. The van der Waals surface area contributed by atoms with Crippen molar-refractivity contribution in [2.24, 2.45) is 0 Å². The van der Waals surface area contributed by atoms with Crippen LogP contribution in [0, 0.1) is 0 Å². The fourth-order valence-corrected chi connectivity index (χ4v) is 1.47. The third-order valence-electron chi connectivity index (χ3n) is 2.40. The van der Waals surface area contributed by atoms with E-state index in [1.54, 1.807) is 20.8 Å². The lowest BCUT2D eigenvalue weighted by Crippen LogP contribution is -2.33. The Morgan fingerprint density at radius 3 is 2.38 bits per heavy atom. The number of rotatable bonds is 3. The van der Waals surface area contributed by atoms with Crippen LogP contribution in [0.15, 0.2) is 24.3 Å². The lowest BCUT2D eigenvalue weighted by Gasteiger charge is -2.21. The van der Waals surface area contributed by atoms with Gasteiger partial charge in [-0.3, -0.25) is 4.84 Å². The number of nitrogens with one attached hydrogen (secondary N) is 1. The van der Waals surface area contributed by atoms with Gasteiger partial charge in [-0.1, -0.05) is 12.1 Å². The van der Waals surface area contributed by atoms with E-state index in [2.05, 4.69) is 5.48 Å². The molecule has 21 heavy (non-hydrogen) atoms. The Bertz CT molecular complexity index is 495. The van der Waals surface area contributed by atoms with E-state index in [-0.39, 0.29) is 0 Å². The van der Waals surface area contributed by atoms with Crippen molar-refractivity contribution in [1.29, 1.82) is 0 Å². The average Bonchev–Trinajstić information content (AvgIpc) is 2.33. The first kappa shape index (κ1) is 17.3. The zero-order valence-electron chi connectivity index (χ0n) is 12.2. The van der Waals surface area contributed by atoms with Crippen molar-refractivity contribution < 1.29 is 27.5 Å². The molecule has 1 rings (SSSR count). The summed E-state index contributed by atoms with van der Waals surface area (Å²) in [6, 6.07) is 4.71. The summed E-state index contributed by atoms with van der Waals surface area (Å²) in [4.78, 5) is 16.4. The van der Waals surface area contributed by atoms with Crippen LogP contribution >= 0.6 is 0 Å². The molecule has 7 heteroatoms. The highest BCUT2D eigenvalue weighted by atomic mass is 19.4. The molecule has 4 nitrogen and oxygen atoms in total. The van der Waals surface area contributed by atoms with E-state index in [1.807, 2.05) is 0 Å². The molecular formula is C14H18F3NO3. The molecule has 1 atom stereocenters. The molecule has 0 saturated carbocycles. The molecule has 0 radical (unpaired) electrons. The SMILES string of the molecule is C[C@H](ONC(=O)OC(C)(C)C)c1cccc(C(F)(F)F)c1. The molecular weight excluding hydrogens is 287 g/mol. The lowest BCUT2D eigenvalue weighted by molar-refractivity contribution is -0.137. The Morgan fingerprint density at radius 2 is 1.86 bits per heavy atom. The summed E-state index contributed by atoms with van der Waals surface area (Å²) < 4.78 is 42.7. The number of alkyl halides is 3. The maximum Gasteiger partial charge on any atom is 0.431 e. The number of hydrogen-bond donors (Lipinski definition) is 1. The van der Waals surface area contributed by atoms with Gasteiger partial charge in [0.05, 0.1) is 5.56 Å². The topological polar surface area (TPSA) is 47.6 Å². The first-order chi connectivity index (χ1) is 9.49. The van der Waals surface area contributed by atoms with Gasteiger partial charge in [-0.2, -0.15) is 18.7 Å². The minimum atomic E-state index is -4.42. The standard InChI is InChI=1S/C14H18F3NO3/c1-9(21-18-12(19)20-13(2,3)4)10-6-5-7-11(8-10)14(15,16)17/h5-9H,1-4H3,(H,18,19)/t9-/m0/s1. The van der Waals surface area contributed by atoms with Gasteiger partial charge < -0.3 is 4.74 Å². The van der Waals surface area contributed by atoms with Gasteiger partial charge in [0, 0.05) is 0 Å². The van der Waals surface area contributed by atoms with Crippen LogP contribution in [-0.4, -0.2) is 11.7 Å². The summed E-state index contributed by atoms with van der Waals surface area (Å²) in [5.41, 5.74) is 0.887. The number of ether oxygens (including phenoxy) is 1. The van der Waals surface area contributed by atoms with Crippen molar-refractivity contribution in [3.8, 4) is 0 Å². The van der Waals surface area contributed by atoms with Gasteiger partial charge in [0.2, 0.25) is 0 Å². The quantitative estimate of drug-likeness (QED) is 0.850. The average molecular weight is 305 g/mol. The molecule has 0 bridgehead atoms. The molecule has 1 amide bonds. The number of hydroxylamine groups is 1. The second-order valence-electron chi connectivity index (χ2n) is 5.49. The zero-order chi connectivity index (χ0) is 16.3. The van der Waals surface area contributed by atoms with Gasteiger partial charge in [0.15, 0.2) is 0 Å². The van der Waals surface area contributed by atoms with E-state index in [0.717, 1.165) is 12.1 Å². The van der Waals surface area contributed by atoms with E-state index < -0.39 is 29.5 Å². The highest BCUT2D eigenvalue weighted by Gasteiger charge is 2.30. The monoisotopic (exact) mass is 305 g/mol. The Hall–Kier alpha value is -1.76. The number of benzene rings is 1. The van der Waals surface area contributed by atoms with Crippen molar-refractivity contribution in [2.45, 2.75) is 45.6 Å². The van der Waals surface area contributed by atoms with Crippen LogP contribution in [0.5, 0.6) is 0 Å². The van der Waals surface area contributed by atoms with E-state index in [9.17, 15) is 18.0 Å². The molecule has 0 fully saturated rings. The van der Waals surface area contributed by atoms with Gasteiger partial charge in [0.25, 0.3) is 0 Å². The number of amides is 1. The van der Waals surface area contributed by atoms with Gasteiger partial charge >= 0.3 is 12.3 Å². The molecule has 0 heterocycles. The summed E-state index contributed by atoms with van der Waals surface area (Å²) in [5.74, 6) is 0. The minimum absolute atomic E-state index is 0.292. The third-order valence-corrected chi connectivity index (χ3v) is 2.40. The smallest absolute Gasteiger partial charge is 0.431 e. The summed E-state index contributed by atoms with van der Waals surface area (Å²) in [6.45, 7) is 6.57. The predicted molar refractivity (Wildman–Crippen MR) is 70.3 cm³/mol. The molecule has 1 aromatic carbocycles. The molecule has 1 N–H and O–H groups in total. The van der Waals surface area contributed by atoms with Crippen LogP contribution in [0.4, 0.5) is 18.0 Å². The van der Waals surface area contributed by atoms with Gasteiger partial charge in [0.1, 0.15) is 11.7 Å². The lowest BCUT2D eigenvalue weighted by atomic mass is 10.1. The van der Waals surface area contributed by atoms with E-state index >= 15 is 0 Å². The van der Waals surface area contributed by atoms with Gasteiger partial charge in [-0.15, -0.1) is 0 Å². The Morgan fingerprint density at radius 1 is 1.24 bits per heavy atom. The fourth-order valence-electron chi connectivity index (χ4n) is 1.47. The van der Waals surface area contributed by atoms with Crippen LogP contribution in [0.3, 0.4) is 0 Å². The number of hydrogen-bond acceptors (Lipinski definition) is 3. The summed E-state index contributed by atoms with van der Waals surface area (Å²) >= 11 is 0. The number of carbonyl (C=O) groups excluding carboxylic acids is 1. The van der Waals surface area contributed by atoms with Crippen molar-refractivity contribution in [1.82, 2.24) is 5.48 Å². The molecule has 1 aromatic rings. The molecule has 0 aliphatic heterocycles. The van der Waals surface area contributed by atoms with Gasteiger partial charge in [-0.05, 0) is 45.4 Å². The summed E-state index contributed by atoms with van der Waals surface area (Å²) in [7, 11) is 0. The van der Waals surface area contributed by atoms with E-state index in [1.165, 1.54) is 19.1 Å². The maximum absolute atomic E-state index is 12.6. The fraction of sp³-hybridized carbons (Fsp3) is 0.500. The Labute approximate surface area is 121 Å². The molecule has 0 unspecified atom stereocenters. The largest absolute Gasteiger partial charge is 0.442 e. The highest BCUT2D eigenvalue weighted by Crippen LogP contribution is 2.31. The Balaban J connectivity index is 2.64. The molecule has 0 spiro atoms. The molecule has 0 aliphatic carbocycles. The number of carbonyl (C=O) groups is 1. The van der Waals surface area contributed by atoms with Crippen LogP contribution < -0.4 is 5.48 Å². The minimum Gasteiger partial charge on any atom is -0.442 e. The van der Waals surface area contributed by atoms with E-state index in [0.29, 0.717) is 5.56 Å². The summed E-state index contributed by atoms with van der Waals surface area (Å²) in [5, 5.41) is 0. The number of halogens is 3. The zero-order valence-corrected chi connectivity index (χ0v) is 12.2. The van der Waals surface area contributed by atoms with E-state index in [4.69, 9.17) is 9.57 Å². The van der Waals surface area contributed by atoms with Crippen LogP contribution in [-0.2, 0) is 15.8 Å². The van der Waals surface area contributed by atoms with Crippen molar-refractivity contribution >= 4 is 6.09 Å². The van der Waals surface area contributed by atoms with Crippen molar-refractivity contribution in [3.05, 3.63) is 35.4 Å². The Kier molecular flexibility index (Phi) is 5.22. The van der Waals surface area contributed by atoms with Crippen LogP contribution in [0.25, 0.3) is 0 Å². The van der Waals surface area contributed by atoms with Crippen molar-refractivity contribution in [3.63, 3.8) is 0 Å². The predicted octanol–water partition coefficient (Wildman–Crippen LogP) is 4.22. The molecule has 0 aliphatic rings. The first-order valence-corrected chi connectivity index (χ1v) is 6.31. The summed E-state index contributed by atoms with van der Waals surface area (Å²) in [6.07, 6.45) is -5.98. The van der Waals surface area contributed by atoms with Gasteiger partial charge in [-0.25, -0.2) is 4.79 Å². The third kappa shape index (κ3) is 6.03. The van der Waals surface area contributed by atoms with Crippen LogP contribution in [0.2, 0.25) is 0 Å². The first-order valence-electron chi connectivity index (χ1n) is 6.31.